The maximum absolute atomic E-state index is 13.8. The maximum Gasteiger partial charge on any atom is 0.249 e. The Morgan fingerprint density at radius 2 is 1.55 bits per heavy atom. The standard InChI is InChI=1S/C17H17F3/c1-3-12-6-9-16(18)15(10-12)14-7-4-13(5-8-14)11-17(2,19)20/h4-10H,3,11H2,1-2H3. The van der Waals surface area contributed by atoms with E-state index in [-0.39, 0.29) is 12.2 Å². The Hall–Kier alpha value is -1.77. The van der Waals surface area contributed by atoms with Gasteiger partial charge in [-0.2, -0.15) is 0 Å². The Balaban J connectivity index is 2.30. The van der Waals surface area contributed by atoms with Gasteiger partial charge < -0.3 is 0 Å². The minimum absolute atomic E-state index is 0.296. The predicted molar refractivity (Wildman–Crippen MR) is 75.5 cm³/mol. The van der Waals surface area contributed by atoms with Gasteiger partial charge in [-0.3, -0.25) is 0 Å². The van der Waals surface area contributed by atoms with Crippen LogP contribution in [0.2, 0.25) is 0 Å². The molecule has 0 atom stereocenters. The van der Waals surface area contributed by atoms with Crippen LogP contribution in [0.15, 0.2) is 42.5 Å². The topological polar surface area (TPSA) is 0 Å². The van der Waals surface area contributed by atoms with Crippen molar-refractivity contribution in [3.05, 3.63) is 59.4 Å². The molecular formula is C17H17F3. The summed E-state index contributed by atoms with van der Waals surface area (Å²) in [5, 5.41) is 0. The highest BCUT2D eigenvalue weighted by atomic mass is 19.3. The van der Waals surface area contributed by atoms with E-state index in [1.165, 1.54) is 6.07 Å². The molecule has 0 aliphatic rings. The number of benzene rings is 2. The number of halogens is 3. The van der Waals surface area contributed by atoms with Gasteiger partial charge in [-0.25, -0.2) is 13.2 Å². The Bertz CT molecular complexity index is 580. The van der Waals surface area contributed by atoms with Crippen molar-refractivity contribution >= 4 is 0 Å². The Labute approximate surface area is 117 Å². The van der Waals surface area contributed by atoms with E-state index in [0.29, 0.717) is 16.7 Å². The molecule has 20 heavy (non-hydrogen) atoms. The van der Waals surface area contributed by atoms with Crippen LogP contribution in [0, 0.1) is 5.82 Å². The molecule has 0 aliphatic heterocycles. The fraction of sp³-hybridized carbons (Fsp3) is 0.294. The summed E-state index contributed by atoms with van der Waals surface area (Å²) in [6.07, 6.45) is 0.526. The smallest absolute Gasteiger partial charge is 0.207 e. The molecule has 0 heterocycles. The van der Waals surface area contributed by atoms with E-state index in [1.807, 2.05) is 6.92 Å². The van der Waals surface area contributed by atoms with Crippen LogP contribution in [0.25, 0.3) is 11.1 Å². The summed E-state index contributed by atoms with van der Waals surface area (Å²) in [7, 11) is 0. The molecule has 0 nitrogen and oxygen atoms in total. The van der Waals surface area contributed by atoms with Crippen molar-refractivity contribution in [2.24, 2.45) is 0 Å². The Kier molecular flexibility index (Phi) is 4.17. The van der Waals surface area contributed by atoms with E-state index in [9.17, 15) is 13.2 Å². The molecule has 0 radical (unpaired) electrons. The molecule has 0 bridgehead atoms. The van der Waals surface area contributed by atoms with Crippen LogP contribution in [-0.2, 0) is 12.8 Å². The summed E-state index contributed by atoms with van der Waals surface area (Å²) in [6.45, 7) is 2.90. The van der Waals surface area contributed by atoms with Crippen LogP contribution in [0.5, 0.6) is 0 Å². The average Bonchev–Trinajstić information content (AvgIpc) is 2.39. The van der Waals surface area contributed by atoms with Gasteiger partial charge in [0.1, 0.15) is 5.82 Å². The van der Waals surface area contributed by atoms with Crippen LogP contribution in [0.4, 0.5) is 13.2 Å². The van der Waals surface area contributed by atoms with Gasteiger partial charge in [0.25, 0.3) is 0 Å². The zero-order valence-electron chi connectivity index (χ0n) is 11.6. The molecule has 2 aromatic carbocycles. The summed E-state index contributed by atoms with van der Waals surface area (Å²) in [4.78, 5) is 0. The van der Waals surface area contributed by atoms with Gasteiger partial charge in [0.05, 0.1) is 0 Å². The third-order valence-electron chi connectivity index (χ3n) is 3.22. The lowest BCUT2D eigenvalue weighted by Crippen LogP contribution is -2.13. The van der Waals surface area contributed by atoms with Gasteiger partial charge in [-0.15, -0.1) is 0 Å². The molecule has 0 saturated carbocycles. The van der Waals surface area contributed by atoms with Gasteiger partial charge in [0, 0.05) is 12.0 Å². The van der Waals surface area contributed by atoms with Gasteiger partial charge >= 0.3 is 0 Å². The summed E-state index contributed by atoms with van der Waals surface area (Å²) >= 11 is 0. The minimum Gasteiger partial charge on any atom is -0.207 e. The molecule has 0 aromatic heterocycles. The Morgan fingerprint density at radius 1 is 0.950 bits per heavy atom. The first-order valence-corrected chi connectivity index (χ1v) is 6.64. The number of hydrogen-bond acceptors (Lipinski definition) is 0. The molecule has 2 rings (SSSR count). The molecule has 0 amide bonds. The largest absolute Gasteiger partial charge is 0.249 e. The molecule has 0 aliphatic carbocycles. The lowest BCUT2D eigenvalue weighted by Gasteiger charge is -2.11. The van der Waals surface area contributed by atoms with Gasteiger partial charge in [-0.05, 0) is 42.2 Å². The number of rotatable bonds is 4. The second-order valence-electron chi connectivity index (χ2n) is 5.11. The Morgan fingerprint density at radius 3 is 2.10 bits per heavy atom. The SMILES string of the molecule is CCc1ccc(F)c(-c2ccc(CC(C)(F)F)cc2)c1. The molecule has 0 fully saturated rings. The van der Waals surface area contributed by atoms with Crippen molar-refractivity contribution in [3.63, 3.8) is 0 Å². The predicted octanol–water partition coefficient (Wildman–Crippen LogP) is 5.25. The van der Waals surface area contributed by atoms with Crippen LogP contribution in [0.1, 0.15) is 25.0 Å². The van der Waals surface area contributed by atoms with Crippen molar-refractivity contribution in [1.29, 1.82) is 0 Å². The molecule has 2 aromatic rings. The van der Waals surface area contributed by atoms with Crippen LogP contribution < -0.4 is 0 Å². The van der Waals surface area contributed by atoms with E-state index in [1.54, 1.807) is 36.4 Å². The van der Waals surface area contributed by atoms with Crippen molar-refractivity contribution in [1.82, 2.24) is 0 Å². The fourth-order valence-electron chi connectivity index (χ4n) is 2.17. The minimum atomic E-state index is -2.73. The molecule has 106 valence electrons. The number of hydrogen-bond donors (Lipinski definition) is 0. The van der Waals surface area contributed by atoms with Crippen molar-refractivity contribution in [3.8, 4) is 11.1 Å². The fourth-order valence-corrected chi connectivity index (χ4v) is 2.17. The molecular weight excluding hydrogens is 261 g/mol. The molecule has 0 saturated heterocycles. The normalized spacial score (nSPS) is 11.7. The molecule has 0 unspecified atom stereocenters. The first-order valence-electron chi connectivity index (χ1n) is 6.64. The second kappa shape index (κ2) is 5.70. The highest BCUT2D eigenvalue weighted by Gasteiger charge is 2.21. The van der Waals surface area contributed by atoms with Gasteiger partial charge in [0.2, 0.25) is 5.92 Å². The second-order valence-corrected chi connectivity index (χ2v) is 5.11. The molecule has 3 heteroatoms. The zero-order chi connectivity index (χ0) is 14.8. The lowest BCUT2D eigenvalue weighted by atomic mass is 9.99. The third kappa shape index (κ3) is 3.62. The highest BCUT2D eigenvalue weighted by Crippen LogP contribution is 2.26. The van der Waals surface area contributed by atoms with Crippen molar-refractivity contribution in [2.75, 3.05) is 0 Å². The maximum atomic E-state index is 13.8. The summed E-state index contributed by atoms with van der Waals surface area (Å²) in [5.41, 5.74) is 2.82. The molecule has 0 spiro atoms. The lowest BCUT2D eigenvalue weighted by molar-refractivity contribution is 0.0226. The highest BCUT2D eigenvalue weighted by molar-refractivity contribution is 5.65. The first-order chi connectivity index (χ1) is 9.39. The van der Waals surface area contributed by atoms with Crippen molar-refractivity contribution < 1.29 is 13.2 Å². The van der Waals surface area contributed by atoms with Crippen LogP contribution in [0.3, 0.4) is 0 Å². The first kappa shape index (κ1) is 14.6. The number of aryl methyl sites for hydroxylation is 1. The number of alkyl halides is 2. The van der Waals surface area contributed by atoms with Crippen LogP contribution in [-0.4, -0.2) is 5.92 Å². The quantitative estimate of drug-likeness (QED) is 0.716. The van der Waals surface area contributed by atoms with E-state index >= 15 is 0 Å². The zero-order valence-corrected chi connectivity index (χ0v) is 11.6. The van der Waals surface area contributed by atoms with E-state index in [4.69, 9.17) is 0 Å². The van der Waals surface area contributed by atoms with E-state index < -0.39 is 5.92 Å². The van der Waals surface area contributed by atoms with Crippen molar-refractivity contribution in [2.45, 2.75) is 32.6 Å². The third-order valence-corrected chi connectivity index (χ3v) is 3.22. The van der Waals surface area contributed by atoms with E-state index in [0.717, 1.165) is 18.9 Å². The van der Waals surface area contributed by atoms with Gasteiger partial charge in [-0.1, -0.05) is 37.3 Å². The van der Waals surface area contributed by atoms with E-state index in [2.05, 4.69) is 0 Å². The van der Waals surface area contributed by atoms with Crippen LogP contribution >= 0.6 is 0 Å². The molecule has 0 N–H and O–H groups in total. The summed E-state index contributed by atoms with van der Waals surface area (Å²) in [5.74, 6) is -3.02. The average molecular weight is 278 g/mol. The summed E-state index contributed by atoms with van der Waals surface area (Å²) in [6, 6.07) is 11.7. The monoisotopic (exact) mass is 278 g/mol. The van der Waals surface area contributed by atoms with Gasteiger partial charge in [0.15, 0.2) is 0 Å². The summed E-state index contributed by atoms with van der Waals surface area (Å²) < 4.78 is 39.7.